The molecule has 15 heteroatoms. The third-order valence-electron chi connectivity index (χ3n) is 6.72. The SMILES string of the molecule is O=C(c1nc(Cl)ccc1NC1CC1)N(CCc1cccc(C(F)(F)F)c1)Cc1ccc(C(F)(C(F)(F)F)C(F)(F)F)cc1. The van der Waals surface area contributed by atoms with Gasteiger partial charge in [0.25, 0.3) is 5.91 Å². The number of nitrogens with one attached hydrogen (secondary N) is 1. The first-order valence-electron chi connectivity index (χ1n) is 12.7. The lowest BCUT2D eigenvalue weighted by Crippen LogP contribution is -2.50. The molecule has 0 unspecified atom stereocenters. The average molecular weight is 642 g/mol. The average Bonchev–Trinajstić information content (AvgIpc) is 3.74. The van der Waals surface area contributed by atoms with Crippen molar-refractivity contribution >= 4 is 23.2 Å². The Morgan fingerprint density at radius 3 is 2.02 bits per heavy atom. The fraction of sp³-hybridized carbons (Fsp3) is 0.357. The zero-order valence-electron chi connectivity index (χ0n) is 21.8. The zero-order valence-corrected chi connectivity index (χ0v) is 22.6. The van der Waals surface area contributed by atoms with Gasteiger partial charge in [0.2, 0.25) is 0 Å². The Hall–Kier alpha value is -3.55. The molecular weight excluding hydrogens is 620 g/mol. The van der Waals surface area contributed by atoms with Crippen LogP contribution in [-0.4, -0.2) is 40.7 Å². The number of anilines is 1. The summed E-state index contributed by atoms with van der Waals surface area (Å²) in [5.74, 6) is -0.757. The molecule has 0 radical (unpaired) electrons. The van der Waals surface area contributed by atoms with Crippen molar-refractivity contribution in [2.75, 3.05) is 11.9 Å². The number of carbonyl (C=O) groups is 1. The molecule has 0 saturated heterocycles. The van der Waals surface area contributed by atoms with Crippen molar-refractivity contribution in [2.45, 2.75) is 56.0 Å². The van der Waals surface area contributed by atoms with Crippen molar-refractivity contribution in [1.82, 2.24) is 9.88 Å². The maximum Gasteiger partial charge on any atom is 0.435 e. The molecular formula is C28H22ClF10N3O. The number of amides is 1. The molecule has 1 N–H and O–H groups in total. The van der Waals surface area contributed by atoms with E-state index in [4.69, 9.17) is 11.6 Å². The zero-order chi connectivity index (χ0) is 31.8. The van der Waals surface area contributed by atoms with E-state index in [0.29, 0.717) is 17.8 Å². The first-order chi connectivity index (χ1) is 19.9. The third-order valence-corrected chi connectivity index (χ3v) is 6.93. The number of hydrogen-bond donors (Lipinski definition) is 1. The van der Waals surface area contributed by atoms with E-state index in [0.717, 1.165) is 42.0 Å². The highest BCUT2D eigenvalue weighted by molar-refractivity contribution is 6.29. The molecule has 1 heterocycles. The molecule has 1 aliphatic rings. The summed E-state index contributed by atoms with van der Waals surface area (Å²) >= 11 is 6.01. The van der Waals surface area contributed by atoms with Gasteiger partial charge in [0.05, 0.1) is 11.3 Å². The van der Waals surface area contributed by atoms with Crippen molar-refractivity contribution in [3.05, 3.63) is 93.8 Å². The van der Waals surface area contributed by atoms with Crippen LogP contribution in [0, 0.1) is 0 Å². The third kappa shape index (κ3) is 7.34. The lowest BCUT2D eigenvalue weighted by molar-refractivity contribution is -0.348. The molecule has 3 aromatic rings. The Morgan fingerprint density at radius 2 is 1.47 bits per heavy atom. The summed E-state index contributed by atoms with van der Waals surface area (Å²) in [4.78, 5) is 18.9. The topological polar surface area (TPSA) is 45.2 Å². The van der Waals surface area contributed by atoms with Crippen molar-refractivity contribution in [2.24, 2.45) is 0 Å². The van der Waals surface area contributed by atoms with Crippen LogP contribution in [0.2, 0.25) is 5.15 Å². The summed E-state index contributed by atoms with van der Waals surface area (Å²) in [7, 11) is 0. The maximum absolute atomic E-state index is 14.5. The summed E-state index contributed by atoms with van der Waals surface area (Å²) in [6.07, 6.45) is -15.7. The lowest BCUT2D eigenvalue weighted by atomic mass is 9.93. The summed E-state index contributed by atoms with van der Waals surface area (Å²) < 4.78 is 133. The van der Waals surface area contributed by atoms with Gasteiger partial charge in [-0.05, 0) is 48.6 Å². The largest absolute Gasteiger partial charge is 0.435 e. The summed E-state index contributed by atoms with van der Waals surface area (Å²) in [6.45, 7) is -0.635. The molecule has 4 nitrogen and oxygen atoms in total. The van der Waals surface area contributed by atoms with Gasteiger partial charge in [0.15, 0.2) is 5.69 Å². The highest BCUT2D eigenvalue weighted by atomic mass is 35.5. The molecule has 0 atom stereocenters. The molecule has 1 aliphatic carbocycles. The smallest absolute Gasteiger partial charge is 0.380 e. The molecule has 1 amide bonds. The number of benzene rings is 2. The first-order valence-corrected chi connectivity index (χ1v) is 13.1. The maximum atomic E-state index is 14.5. The van der Waals surface area contributed by atoms with Crippen LogP contribution in [-0.2, 0) is 24.8 Å². The van der Waals surface area contributed by atoms with Gasteiger partial charge in [-0.3, -0.25) is 4.79 Å². The van der Waals surface area contributed by atoms with Crippen LogP contribution in [0.25, 0.3) is 0 Å². The number of rotatable bonds is 9. The molecule has 0 aliphatic heterocycles. The fourth-order valence-corrected chi connectivity index (χ4v) is 4.43. The van der Waals surface area contributed by atoms with Crippen molar-refractivity contribution < 1.29 is 48.7 Å². The van der Waals surface area contributed by atoms with E-state index in [1.807, 2.05) is 0 Å². The number of halogens is 11. The van der Waals surface area contributed by atoms with E-state index in [9.17, 15) is 48.7 Å². The molecule has 1 aromatic heterocycles. The molecule has 1 saturated carbocycles. The van der Waals surface area contributed by atoms with Crippen LogP contribution < -0.4 is 5.32 Å². The number of aromatic nitrogens is 1. The predicted molar refractivity (Wildman–Crippen MR) is 137 cm³/mol. The fourth-order valence-electron chi connectivity index (χ4n) is 4.28. The molecule has 0 spiro atoms. The monoisotopic (exact) mass is 641 g/mol. The highest BCUT2D eigenvalue weighted by Crippen LogP contribution is 2.53. The first kappa shape index (κ1) is 32.4. The van der Waals surface area contributed by atoms with Crippen LogP contribution in [0.3, 0.4) is 0 Å². The van der Waals surface area contributed by atoms with Crippen LogP contribution in [0.15, 0.2) is 60.7 Å². The molecule has 2 aromatic carbocycles. The van der Waals surface area contributed by atoms with Crippen molar-refractivity contribution in [3.8, 4) is 0 Å². The van der Waals surface area contributed by atoms with E-state index < -0.39 is 47.8 Å². The lowest BCUT2D eigenvalue weighted by Gasteiger charge is -2.30. The van der Waals surface area contributed by atoms with E-state index >= 15 is 0 Å². The van der Waals surface area contributed by atoms with Gasteiger partial charge >= 0.3 is 24.2 Å². The summed E-state index contributed by atoms with van der Waals surface area (Å²) in [6, 6.07) is 9.62. The Balaban J connectivity index is 1.66. The summed E-state index contributed by atoms with van der Waals surface area (Å²) in [5, 5.41) is 3.06. The number of alkyl halides is 10. The minimum absolute atomic E-state index is 0.0200. The molecule has 232 valence electrons. The van der Waals surface area contributed by atoms with Gasteiger partial charge in [-0.2, -0.15) is 39.5 Å². The van der Waals surface area contributed by atoms with Crippen LogP contribution >= 0.6 is 11.6 Å². The second kappa shape index (κ2) is 11.9. The Bertz CT molecular complexity index is 1440. The molecule has 4 rings (SSSR count). The van der Waals surface area contributed by atoms with E-state index in [1.165, 1.54) is 24.3 Å². The van der Waals surface area contributed by atoms with Crippen LogP contribution in [0.1, 0.15) is 45.6 Å². The molecule has 0 bridgehead atoms. The van der Waals surface area contributed by atoms with Crippen molar-refractivity contribution in [1.29, 1.82) is 0 Å². The summed E-state index contributed by atoms with van der Waals surface area (Å²) in [5.41, 5.74) is -7.86. The second-order valence-corrected chi connectivity index (χ2v) is 10.4. The Labute approximate surface area is 243 Å². The van der Waals surface area contributed by atoms with Crippen LogP contribution in [0.5, 0.6) is 0 Å². The van der Waals surface area contributed by atoms with Gasteiger partial charge in [-0.25, -0.2) is 9.37 Å². The molecule has 1 fully saturated rings. The van der Waals surface area contributed by atoms with E-state index in [-0.39, 0.29) is 41.0 Å². The number of carbonyl (C=O) groups excluding carboxylic acids is 1. The number of pyridine rings is 1. The van der Waals surface area contributed by atoms with Crippen LogP contribution in [0.4, 0.5) is 49.6 Å². The van der Waals surface area contributed by atoms with Crippen molar-refractivity contribution in [3.63, 3.8) is 0 Å². The Morgan fingerprint density at radius 1 is 0.837 bits per heavy atom. The standard InChI is InChI=1S/C28H22ClF10N3O/c29-22-11-10-21(40-20-8-9-20)23(41-22)24(43)42(13-12-16-2-1-3-19(14-16)26(31,32)33)15-17-4-6-18(7-5-17)25(30,27(34,35)36)28(37,38)39/h1-7,10-11,14,20,40H,8-9,12-13,15H2. The second-order valence-electron chi connectivity index (χ2n) is 9.97. The minimum Gasteiger partial charge on any atom is -0.380 e. The van der Waals surface area contributed by atoms with E-state index in [1.54, 1.807) is 0 Å². The highest BCUT2D eigenvalue weighted by Gasteiger charge is 2.73. The molecule has 43 heavy (non-hydrogen) atoms. The number of hydrogen-bond acceptors (Lipinski definition) is 3. The quantitative estimate of drug-likeness (QED) is 0.188. The minimum atomic E-state index is -6.30. The Kier molecular flexibility index (Phi) is 8.92. The van der Waals surface area contributed by atoms with Gasteiger partial charge in [-0.15, -0.1) is 0 Å². The van der Waals surface area contributed by atoms with E-state index in [2.05, 4.69) is 10.3 Å². The van der Waals surface area contributed by atoms with Gasteiger partial charge in [0, 0.05) is 24.7 Å². The predicted octanol–water partition coefficient (Wildman–Crippen LogP) is 8.50. The van der Waals surface area contributed by atoms with Gasteiger partial charge in [-0.1, -0.05) is 54.1 Å². The number of nitrogens with zero attached hydrogens (tertiary/aromatic N) is 2. The normalized spacial score (nSPS) is 14.5. The van der Waals surface area contributed by atoms with Gasteiger partial charge in [0.1, 0.15) is 5.15 Å². The van der Waals surface area contributed by atoms with Gasteiger partial charge < -0.3 is 10.2 Å².